The molecule has 1 aliphatic heterocycles. The number of carbonyl (C=O) groups excluding carboxylic acids is 1. The monoisotopic (exact) mass is 339 g/mol. The third kappa shape index (κ3) is 5.66. The van der Waals surface area contributed by atoms with Gasteiger partial charge in [-0.25, -0.2) is 4.98 Å². The number of anilines is 1. The fourth-order valence-corrected chi connectivity index (χ4v) is 2.83. The van der Waals surface area contributed by atoms with Crippen molar-refractivity contribution in [1.82, 2.24) is 9.88 Å². The molecule has 25 heavy (non-hydrogen) atoms. The molecule has 0 unspecified atom stereocenters. The Labute approximate surface area is 149 Å². The number of morpholine rings is 1. The standard InChI is InChI=1S/C20H25N3O2/c1-16-2-4-17(5-3-16)7-9-20(24)22-19-8-6-18(14-21-19)15-23-10-12-25-13-11-23/h2-6,8,14H,7,9-13,15H2,1H3,(H,21,22,24). The molecule has 0 bridgehead atoms. The summed E-state index contributed by atoms with van der Waals surface area (Å²) in [7, 11) is 0. The molecule has 1 aromatic carbocycles. The lowest BCUT2D eigenvalue weighted by Gasteiger charge is -2.26. The second-order valence-corrected chi connectivity index (χ2v) is 6.47. The van der Waals surface area contributed by atoms with E-state index in [4.69, 9.17) is 4.74 Å². The SMILES string of the molecule is Cc1ccc(CCC(=O)Nc2ccc(CN3CCOCC3)cn2)cc1. The number of pyridine rings is 1. The first kappa shape index (κ1) is 17.6. The number of carbonyl (C=O) groups is 1. The third-order valence-corrected chi connectivity index (χ3v) is 4.36. The zero-order chi connectivity index (χ0) is 17.5. The molecule has 3 rings (SSSR count). The molecule has 1 amide bonds. The molecular formula is C20H25N3O2. The quantitative estimate of drug-likeness (QED) is 0.879. The van der Waals surface area contributed by atoms with Gasteiger partial charge in [0.15, 0.2) is 0 Å². The minimum Gasteiger partial charge on any atom is -0.379 e. The zero-order valence-corrected chi connectivity index (χ0v) is 14.7. The Morgan fingerprint density at radius 3 is 2.52 bits per heavy atom. The highest BCUT2D eigenvalue weighted by molar-refractivity contribution is 5.89. The Morgan fingerprint density at radius 2 is 1.84 bits per heavy atom. The number of hydrogen-bond acceptors (Lipinski definition) is 4. The lowest BCUT2D eigenvalue weighted by molar-refractivity contribution is -0.116. The van der Waals surface area contributed by atoms with Crippen molar-refractivity contribution in [2.24, 2.45) is 0 Å². The molecule has 5 heteroatoms. The summed E-state index contributed by atoms with van der Waals surface area (Å²) < 4.78 is 5.36. The van der Waals surface area contributed by atoms with E-state index in [-0.39, 0.29) is 5.91 Å². The van der Waals surface area contributed by atoms with Crippen molar-refractivity contribution in [2.45, 2.75) is 26.3 Å². The molecule has 0 aliphatic carbocycles. The molecule has 2 heterocycles. The van der Waals surface area contributed by atoms with Crippen LogP contribution in [0.15, 0.2) is 42.6 Å². The van der Waals surface area contributed by atoms with Crippen LogP contribution in [0.4, 0.5) is 5.82 Å². The first-order valence-electron chi connectivity index (χ1n) is 8.79. The number of nitrogens with zero attached hydrogens (tertiary/aromatic N) is 2. The van der Waals surface area contributed by atoms with E-state index in [9.17, 15) is 4.79 Å². The van der Waals surface area contributed by atoms with Crippen LogP contribution in [0.5, 0.6) is 0 Å². The van der Waals surface area contributed by atoms with Gasteiger partial charge in [0.25, 0.3) is 0 Å². The van der Waals surface area contributed by atoms with Crippen molar-refractivity contribution >= 4 is 11.7 Å². The second kappa shape index (κ2) is 8.74. The van der Waals surface area contributed by atoms with Gasteiger partial charge in [0.05, 0.1) is 13.2 Å². The first-order chi connectivity index (χ1) is 12.2. The van der Waals surface area contributed by atoms with Crippen molar-refractivity contribution < 1.29 is 9.53 Å². The molecule has 1 aliphatic rings. The summed E-state index contributed by atoms with van der Waals surface area (Å²) in [5.41, 5.74) is 3.56. The van der Waals surface area contributed by atoms with Gasteiger partial charge in [-0.05, 0) is 30.5 Å². The molecule has 132 valence electrons. The molecular weight excluding hydrogens is 314 g/mol. The van der Waals surface area contributed by atoms with Crippen LogP contribution in [0, 0.1) is 6.92 Å². The van der Waals surface area contributed by atoms with E-state index in [2.05, 4.69) is 46.4 Å². The molecule has 5 nitrogen and oxygen atoms in total. The van der Waals surface area contributed by atoms with Crippen molar-refractivity contribution in [2.75, 3.05) is 31.6 Å². The highest BCUT2D eigenvalue weighted by Crippen LogP contribution is 2.11. The predicted octanol–water partition coefficient (Wildman–Crippen LogP) is 2.79. The van der Waals surface area contributed by atoms with Gasteiger partial charge in [-0.3, -0.25) is 9.69 Å². The Hall–Kier alpha value is -2.24. The minimum atomic E-state index is -0.00555. The first-order valence-corrected chi connectivity index (χ1v) is 8.79. The summed E-state index contributed by atoms with van der Waals surface area (Å²) in [6.45, 7) is 6.43. The van der Waals surface area contributed by atoms with Crippen molar-refractivity contribution in [3.8, 4) is 0 Å². The van der Waals surface area contributed by atoms with E-state index < -0.39 is 0 Å². The van der Waals surface area contributed by atoms with Crippen LogP contribution in [0.25, 0.3) is 0 Å². The zero-order valence-electron chi connectivity index (χ0n) is 14.7. The van der Waals surface area contributed by atoms with E-state index in [1.54, 1.807) is 0 Å². The smallest absolute Gasteiger partial charge is 0.225 e. The fraction of sp³-hybridized carbons (Fsp3) is 0.400. The summed E-state index contributed by atoms with van der Waals surface area (Å²) in [5, 5.41) is 2.87. The molecule has 0 atom stereocenters. The molecule has 1 fully saturated rings. The minimum absolute atomic E-state index is 0.00555. The highest BCUT2D eigenvalue weighted by Gasteiger charge is 2.11. The van der Waals surface area contributed by atoms with E-state index in [0.29, 0.717) is 12.2 Å². The van der Waals surface area contributed by atoms with Gasteiger partial charge in [-0.1, -0.05) is 35.9 Å². The number of amides is 1. The average molecular weight is 339 g/mol. The summed E-state index contributed by atoms with van der Waals surface area (Å²) >= 11 is 0. The van der Waals surface area contributed by atoms with Gasteiger partial charge >= 0.3 is 0 Å². The number of aryl methyl sites for hydroxylation is 2. The van der Waals surface area contributed by atoms with Crippen LogP contribution in [0.1, 0.15) is 23.1 Å². The Kier molecular flexibility index (Phi) is 6.14. The summed E-state index contributed by atoms with van der Waals surface area (Å²) in [6.07, 6.45) is 3.03. The number of aromatic nitrogens is 1. The normalized spacial score (nSPS) is 15.1. The highest BCUT2D eigenvalue weighted by atomic mass is 16.5. The Balaban J connectivity index is 1.45. The van der Waals surface area contributed by atoms with Crippen molar-refractivity contribution in [3.05, 3.63) is 59.3 Å². The van der Waals surface area contributed by atoms with E-state index in [1.165, 1.54) is 11.1 Å². The lowest BCUT2D eigenvalue weighted by Crippen LogP contribution is -2.35. The van der Waals surface area contributed by atoms with Gasteiger partial charge in [-0.2, -0.15) is 0 Å². The molecule has 1 aromatic heterocycles. The number of hydrogen-bond donors (Lipinski definition) is 1. The van der Waals surface area contributed by atoms with Gasteiger partial charge in [0.1, 0.15) is 5.82 Å². The number of ether oxygens (including phenoxy) is 1. The largest absolute Gasteiger partial charge is 0.379 e. The maximum Gasteiger partial charge on any atom is 0.225 e. The maximum absolute atomic E-state index is 12.1. The second-order valence-electron chi connectivity index (χ2n) is 6.47. The Morgan fingerprint density at radius 1 is 1.12 bits per heavy atom. The van der Waals surface area contributed by atoms with E-state index >= 15 is 0 Å². The number of rotatable bonds is 6. The Bertz CT molecular complexity index is 677. The van der Waals surface area contributed by atoms with Crippen molar-refractivity contribution in [3.63, 3.8) is 0 Å². The van der Waals surface area contributed by atoms with E-state index in [0.717, 1.165) is 44.8 Å². The van der Waals surface area contributed by atoms with Crippen LogP contribution in [0.2, 0.25) is 0 Å². The van der Waals surface area contributed by atoms with Gasteiger partial charge in [0, 0.05) is 32.3 Å². The lowest BCUT2D eigenvalue weighted by atomic mass is 10.1. The molecule has 0 spiro atoms. The third-order valence-electron chi connectivity index (χ3n) is 4.36. The van der Waals surface area contributed by atoms with Crippen LogP contribution in [-0.2, 0) is 22.5 Å². The van der Waals surface area contributed by atoms with Crippen LogP contribution in [0.3, 0.4) is 0 Å². The average Bonchev–Trinajstić information content (AvgIpc) is 2.64. The summed E-state index contributed by atoms with van der Waals surface area (Å²) in [4.78, 5) is 18.8. The molecule has 0 radical (unpaired) electrons. The topological polar surface area (TPSA) is 54.5 Å². The summed E-state index contributed by atoms with van der Waals surface area (Å²) in [5.74, 6) is 0.605. The van der Waals surface area contributed by atoms with E-state index in [1.807, 2.05) is 18.3 Å². The van der Waals surface area contributed by atoms with Crippen LogP contribution < -0.4 is 5.32 Å². The van der Waals surface area contributed by atoms with Crippen molar-refractivity contribution in [1.29, 1.82) is 0 Å². The molecule has 1 N–H and O–H groups in total. The van der Waals surface area contributed by atoms with Crippen LogP contribution in [-0.4, -0.2) is 42.1 Å². The number of nitrogens with one attached hydrogen (secondary N) is 1. The van der Waals surface area contributed by atoms with Gasteiger partial charge in [0.2, 0.25) is 5.91 Å². The van der Waals surface area contributed by atoms with Crippen LogP contribution >= 0.6 is 0 Å². The number of benzene rings is 1. The fourth-order valence-electron chi connectivity index (χ4n) is 2.83. The summed E-state index contributed by atoms with van der Waals surface area (Å²) in [6, 6.07) is 12.2. The van der Waals surface area contributed by atoms with Gasteiger partial charge in [-0.15, -0.1) is 0 Å². The molecule has 2 aromatic rings. The molecule has 1 saturated heterocycles. The predicted molar refractivity (Wildman–Crippen MR) is 98.5 cm³/mol. The molecule has 0 saturated carbocycles. The van der Waals surface area contributed by atoms with Gasteiger partial charge < -0.3 is 10.1 Å². The maximum atomic E-state index is 12.1.